The van der Waals surface area contributed by atoms with Gasteiger partial charge in [0.15, 0.2) is 9.84 Å². The number of nitrogens with zero attached hydrogens (tertiary/aromatic N) is 2. The van der Waals surface area contributed by atoms with E-state index in [1.807, 2.05) is 4.90 Å². The van der Waals surface area contributed by atoms with Crippen LogP contribution in [0.3, 0.4) is 0 Å². The lowest BCUT2D eigenvalue weighted by atomic mass is 10.0. The molecule has 0 aromatic rings. The fraction of sp³-hybridized carbons (Fsp3) is 0.917. The highest BCUT2D eigenvalue weighted by Gasteiger charge is 2.46. The van der Waals surface area contributed by atoms with Gasteiger partial charge in [0.25, 0.3) is 0 Å². The fourth-order valence-corrected chi connectivity index (χ4v) is 5.15. The van der Waals surface area contributed by atoms with Crippen LogP contribution in [0.5, 0.6) is 0 Å². The first-order valence-corrected chi connectivity index (χ1v) is 8.65. The maximum atomic E-state index is 11.8. The summed E-state index contributed by atoms with van der Waals surface area (Å²) in [4.78, 5) is 14.9. The van der Waals surface area contributed by atoms with Gasteiger partial charge in [0.2, 0.25) is 0 Å². The van der Waals surface area contributed by atoms with Crippen molar-refractivity contribution >= 4 is 15.8 Å². The number of unbranched alkanes of at least 4 members (excludes halogenated alkanes) is 1. The summed E-state index contributed by atoms with van der Waals surface area (Å²) in [5.74, 6) is -0.601. The molecular formula is C12H22N2O4S. The molecule has 2 fully saturated rings. The van der Waals surface area contributed by atoms with Crippen LogP contribution in [0, 0.1) is 0 Å². The van der Waals surface area contributed by atoms with Gasteiger partial charge in [-0.15, -0.1) is 0 Å². The molecule has 0 radical (unpaired) electrons. The molecule has 2 aliphatic rings. The molecule has 6 nitrogen and oxygen atoms in total. The Hall–Kier alpha value is -0.660. The van der Waals surface area contributed by atoms with E-state index < -0.39 is 15.8 Å². The summed E-state index contributed by atoms with van der Waals surface area (Å²) >= 11 is 0. The van der Waals surface area contributed by atoms with Gasteiger partial charge < -0.3 is 5.11 Å². The van der Waals surface area contributed by atoms with Crippen molar-refractivity contribution < 1.29 is 18.3 Å². The van der Waals surface area contributed by atoms with Gasteiger partial charge in [0, 0.05) is 25.2 Å². The number of rotatable bonds is 5. The van der Waals surface area contributed by atoms with Crippen molar-refractivity contribution in [3.8, 4) is 0 Å². The van der Waals surface area contributed by atoms with Crippen LogP contribution in [0.15, 0.2) is 0 Å². The van der Waals surface area contributed by atoms with E-state index in [-0.39, 0.29) is 30.1 Å². The van der Waals surface area contributed by atoms with Crippen molar-refractivity contribution in [1.82, 2.24) is 9.80 Å². The number of aliphatic carboxylic acids is 1. The molecule has 2 saturated heterocycles. The van der Waals surface area contributed by atoms with E-state index in [9.17, 15) is 13.2 Å². The Labute approximate surface area is 114 Å². The van der Waals surface area contributed by atoms with E-state index >= 15 is 0 Å². The van der Waals surface area contributed by atoms with Crippen molar-refractivity contribution in [1.29, 1.82) is 0 Å². The molecule has 2 rings (SSSR count). The SMILES string of the molecule is CCCCN1CCN(CC(=O)O)[C@@H]2CS(=O)(=O)C[C@@H]21. The number of fused-ring (bicyclic) bond motifs is 1. The molecule has 7 heteroatoms. The van der Waals surface area contributed by atoms with Crippen molar-refractivity contribution in [2.45, 2.75) is 31.8 Å². The maximum Gasteiger partial charge on any atom is 0.317 e. The number of carboxylic acids is 1. The predicted octanol–water partition coefficient (Wildman–Crippen LogP) is -0.346. The van der Waals surface area contributed by atoms with E-state index in [1.54, 1.807) is 0 Å². The summed E-state index contributed by atoms with van der Waals surface area (Å²) in [6.07, 6.45) is 2.14. The quantitative estimate of drug-likeness (QED) is 0.746. The van der Waals surface area contributed by atoms with Crippen molar-refractivity contribution in [3.05, 3.63) is 0 Å². The summed E-state index contributed by atoms with van der Waals surface area (Å²) in [5, 5.41) is 8.92. The highest BCUT2D eigenvalue weighted by atomic mass is 32.2. The number of carboxylic acid groups (broad SMARTS) is 1. The van der Waals surface area contributed by atoms with Crippen LogP contribution in [0.1, 0.15) is 19.8 Å². The zero-order valence-electron chi connectivity index (χ0n) is 11.3. The van der Waals surface area contributed by atoms with Crippen LogP contribution in [-0.2, 0) is 14.6 Å². The van der Waals surface area contributed by atoms with Crippen LogP contribution in [-0.4, -0.2) is 79.1 Å². The third-order valence-corrected chi connectivity index (χ3v) is 5.74. The van der Waals surface area contributed by atoms with Gasteiger partial charge in [-0.05, 0) is 13.0 Å². The van der Waals surface area contributed by atoms with Crippen LogP contribution in [0.25, 0.3) is 0 Å². The minimum Gasteiger partial charge on any atom is -0.480 e. The standard InChI is InChI=1S/C12H22N2O4S/c1-2-3-4-13-5-6-14(7-12(15)16)11-9-19(17,18)8-10(11)13/h10-11H,2-9H2,1H3,(H,15,16)/t10-,11+/m0/s1. The van der Waals surface area contributed by atoms with Crippen molar-refractivity contribution in [2.75, 3.05) is 37.7 Å². The molecule has 2 aliphatic heterocycles. The Morgan fingerprint density at radius 1 is 1.21 bits per heavy atom. The molecule has 0 amide bonds. The summed E-state index contributed by atoms with van der Waals surface area (Å²) in [5.41, 5.74) is 0. The Morgan fingerprint density at radius 3 is 2.37 bits per heavy atom. The number of carbonyl (C=O) groups is 1. The van der Waals surface area contributed by atoms with E-state index in [4.69, 9.17) is 5.11 Å². The van der Waals surface area contributed by atoms with Crippen molar-refractivity contribution in [2.24, 2.45) is 0 Å². The highest BCUT2D eigenvalue weighted by molar-refractivity contribution is 7.91. The summed E-state index contributed by atoms with van der Waals surface area (Å²) < 4.78 is 23.7. The third kappa shape index (κ3) is 3.46. The van der Waals surface area contributed by atoms with E-state index in [0.29, 0.717) is 6.54 Å². The molecule has 0 unspecified atom stereocenters. The summed E-state index contributed by atoms with van der Waals surface area (Å²) in [6, 6.07) is -0.170. The normalized spacial score (nSPS) is 31.2. The molecule has 0 bridgehead atoms. The molecule has 0 aromatic carbocycles. The molecule has 0 saturated carbocycles. The Bertz CT molecular complexity index is 437. The number of piperazine rings is 1. The Balaban J connectivity index is 2.11. The lowest BCUT2D eigenvalue weighted by molar-refractivity contribution is -0.139. The minimum absolute atomic E-state index is 0.0235. The smallest absolute Gasteiger partial charge is 0.317 e. The van der Waals surface area contributed by atoms with Gasteiger partial charge in [-0.25, -0.2) is 8.42 Å². The first-order chi connectivity index (χ1) is 8.93. The van der Waals surface area contributed by atoms with Gasteiger partial charge in [0.05, 0.1) is 18.1 Å². The average molecular weight is 290 g/mol. The van der Waals surface area contributed by atoms with Gasteiger partial charge in [0.1, 0.15) is 0 Å². The molecule has 0 spiro atoms. The molecule has 2 atom stereocenters. The second-order valence-electron chi connectivity index (χ2n) is 5.47. The van der Waals surface area contributed by atoms with Crippen LogP contribution in [0.4, 0.5) is 0 Å². The molecule has 110 valence electrons. The first kappa shape index (κ1) is 14.7. The lowest BCUT2D eigenvalue weighted by Crippen LogP contribution is -2.60. The average Bonchev–Trinajstić information content (AvgIpc) is 2.63. The zero-order valence-corrected chi connectivity index (χ0v) is 12.1. The fourth-order valence-electron chi connectivity index (χ4n) is 3.11. The monoisotopic (exact) mass is 290 g/mol. The summed E-state index contributed by atoms with van der Waals surface area (Å²) in [6.45, 7) is 4.38. The molecule has 2 heterocycles. The Morgan fingerprint density at radius 2 is 1.79 bits per heavy atom. The zero-order chi connectivity index (χ0) is 14.0. The molecular weight excluding hydrogens is 268 g/mol. The lowest BCUT2D eigenvalue weighted by Gasteiger charge is -2.43. The van der Waals surface area contributed by atoms with Gasteiger partial charge in [-0.1, -0.05) is 13.3 Å². The highest BCUT2D eigenvalue weighted by Crippen LogP contribution is 2.26. The van der Waals surface area contributed by atoms with Gasteiger partial charge in [-0.2, -0.15) is 0 Å². The summed E-state index contributed by atoms with van der Waals surface area (Å²) in [7, 11) is -3.03. The van der Waals surface area contributed by atoms with Crippen molar-refractivity contribution in [3.63, 3.8) is 0 Å². The van der Waals surface area contributed by atoms with E-state index in [1.165, 1.54) is 0 Å². The van der Waals surface area contributed by atoms with E-state index in [2.05, 4.69) is 11.8 Å². The van der Waals surface area contributed by atoms with Gasteiger partial charge >= 0.3 is 5.97 Å². The second-order valence-corrected chi connectivity index (χ2v) is 7.62. The molecule has 0 aromatic heterocycles. The van der Waals surface area contributed by atoms with Crippen LogP contribution < -0.4 is 0 Å². The third-order valence-electron chi connectivity index (χ3n) is 4.04. The topological polar surface area (TPSA) is 77.9 Å². The predicted molar refractivity (Wildman–Crippen MR) is 71.9 cm³/mol. The molecule has 19 heavy (non-hydrogen) atoms. The van der Waals surface area contributed by atoms with E-state index in [0.717, 1.165) is 25.9 Å². The maximum absolute atomic E-state index is 11.8. The second kappa shape index (κ2) is 5.76. The van der Waals surface area contributed by atoms with Crippen LogP contribution >= 0.6 is 0 Å². The van der Waals surface area contributed by atoms with Gasteiger partial charge in [-0.3, -0.25) is 14.6 Å². The Kier molecular flexibility index (Phi) is 4.47. The largest absolute Gasteiger partial charge is 0.480 e. The number of hydrogen-bond acceptors (Lipinski definition) is 5. The minimum atomic E-state index is -3.03. The molecule has 0 aliphatic carbocycles. The first-order valence-electron chi connectivity index (χ1n) is 6.83. The number of hydrogen-bond donors (Lipinski definition) is 1. The van der Waals surface area contributed by atoms with Crippen LogP contribution in [0.2, 0.25) is 0 Å². The molecule has 1 N–H and O–H groups in total. The number of sulfone groups is 1.